The molecule has 1 aliphatic rings. The van der Waals surface area contributed by atoms with Crippen molar-refractivity contribution in [3.8, 4) is 0 Å². The van der Waals surface area contributed by atoms with Crippen LogP contribution in [0, 0.1) is 29.1 Å². The van der Waals surface area contributed by atoms with Gasteiger partial charge in [0.2, 0.25) is 0 Å². The number of carbonyl (C=O) groups is 5. The molecule has 9 nitrogen and oxygen atoms in total. The molecule has 4 atom stereocenters. The van der Waals surface area contributed by atoms with Crippen LogP contribution in [0.1, 0.15) is 140 Å². The Bertz CT molecular complexity index is 1180. The normalized spacial score (nSPS) is 17.8. The van der Waals surface area contributed by atoms with Crippen LogP contribution < -0.4 is 0 Å². The van der Waals surface area contributed by atoms with E-state index in [2.05, 4.69) is 0 Å². The van der Waals surface area contributed by atoms with Crippen LogP contribution in [-0.2, 0) is 49.5 Å². The molecule has 1 aromatic rings. The maximum Gasteiger partial charge on any atom is 0.309 e. The molecule has 0 spiro atoms. The van der Waals surface area contributed by atoms with E-state index in [1.807, 2.05) is 99.6 Å². The van der Waals surface area contributed by atoms with Gasteiger partial charge in [-0.05, 0) is 117 Å². The fraction of sp³-hybridized carbons (Fsp3) is 0.725. The van der Waals surface area contributed by atoms with Crippen molar-refractivity contribution in [2.45, 2.75) is 157 Å². The van der Waals surface area contributed by atoms with E-state index in [0.29, 0.717) is 25.7 Å². The Balaban J connectivity index is 2.19. The van der Waals surface area contributed by atoms with Gasteiger partial charge < -0.3 is 18.9 Å². The van der Waals surface area contributed by atoms with Crippen molar-refractivity contribution in [2.75, 3.05) is 0 Å². The highest BCUT2D eigenvalue weighted by atomic mass is 16.6. The van der Waals surface area contributed by atoms with Crippen LogP contribution in [0.15, 0.2) is 30.3 Å². The van der Waals surface area contributed by atoms with Crippen molar-refractivity contribution in [1.82, 2.24) is 0 Å². The molecule has 1 fully saturated rings. The molecular formula is C40H62O9. The molecule has 1 saturated carbocycles. The Labute approximate surface area is 294 Å². The number of Topliss-reactive ketones (excluding diaryl/α,β-unsaturated/α-hetero) is 1. The number of hydrogen-bond donors (Lipinski definition) is 0. The fourth-order valence-corrected chi connectivity index (χ4v) is 6.39. The lowest BCUT2D eigenvalue weighted by molar-refractivity contribution is -0.157. The fourth-order valence-electron chi connectivity index (χ4n) is 6.39. The van der Waals surface area contributed by atoms with Gasteiger partial charge in [-0.25, -0.2) is 0 Å². The van der Waals surface area contributed by atoms with Gasteiger partial charge in [-0.2, -0.15) is 0 Å². The summed E-state index contributed by atoms with van der Waals surface area (Å²) in [4.78, 5) is 64.9. The van der Waals surface area contributed by atoms with E-state index in [9.17, 15) is 24.0 Å². The molecule has 0 N–H and O–H groups in total. The zero-order chi connectivity index (χ0) is 37.2. The van der Waals surface area contributed by atoms with E-state index in [4.69, 9.17) is 18.9 Å². The summed E-state index contributed by atoms with van der Waals surface area (Å²) in [6, 6.07) is 9.47. The smallest absolute Gasteiger partial charge is 0.309 e. The van der Waals surface area contributed by atoms with E-state index in [-0.39, 0.29) is 79.7 Å². The molecule has 0 amide bonds. The predicted molar refractivity (Wildman–Crippen MR) is 188 cm³/mol. The van der Waals surface area contributed by atoms with Crippen molar-refractivity contribution >= 4 is 29.7 Å². The third-order valence-corrected chi connectivity index (χ3v) is 8.94. The average Bonchev–Trinajstić information content (AvgIpc) is 3.72. The van der Waals surface area contributed by atoms with Crippen molar-refractivity contribution in [1.29, 1.82) is 0 Å². The van der Waals surface area contributed by atoms with Crippen LogP contribution in [0.3, 0.4) is 0 Å². The van der Waals surface area contributed by atoms with Gasteiger partial charge in [-0.15, -0.1) is 0 Å². The summed E-state index contributed by atoms with van der Waals surface area (Å²) in [5.41, 5.74) is -1.63. The Hall–Kier alpha value is -3.23. The molecular weight excluding hydrogens is 624 g/mol. The third-order valence-electron chi connectivity index (χ3n) is 8.94. The molecule has 0 bridgehead atoms. The SMILES string of the molecule is CC(CC(=O)C[C@H]1C[C@H]1C(CCC(=O)OC(C)(C)C)(CCC(=O)OC(C)(C)C)CCC(=O)OC(C)(C)C)[C@@H](C)C(=O)OCc1ccccc1. The number of benzene rings is 1. The van der Waals surface area contributed by atoms with Gasteiger partial charge in [-0.1, -0.05) is 44.2 Å². The summed E-state index contributed by atoms with van der Waals surface area (Å²) < 4.78 is 22.4. The van der Waals surface area contributed by atoms with Gasteiger partial charge in [0, 0.05) is 32.1 Å². The highest BCUT2D eigenvalue weighted by Gasteiger charge is 2.53. The van der Waals surface area contributed by atoms with Crippen LogP contribution >= 0.6 is 0 Å². The Morgan fingerprint density at radius 1 is 0.694 bits per heavy atom. The Morgan fingerprint density at radius 3 is 1.53 bits per heavy atom. The number of hydrogen-bond acceptors (Lipinski definition) is 9. The van der Waals surface area contributed by atoms with E-state index in [1.54, 1.807) is 6.92 Å². The highest BCUT2D eigenvalue weighted by Crippen LogP contribution is 2.59. The first-order chi connectivity index (χ1) is 22.5. The molecule has 2 rings (SSSR count). The zero-order valence-corrected chi connectivity index (χ0v) is 31.9. The second-order valence-electron chi connectivity index (χ2n) is 17.0. The first kappa shape index (κ1) is 41.9. The van der Waals surface area contributed by atoms with Crippen molar-refractivity contribution in [3.05, 3.63) is 35.9 Å². The molecule has 0 aliphatic heterocycles. The number of carbonyl (C=O) groups excluding carboxylic acids is 5. The first-order valence-electron chi connectivity index (χ1n) is 17.9. The van der Waals surface area contributed by atoms with Crippen molar-refractivity contribution < 1.29 is 42.9 Å². The van der Waals surface area contributed by atoms with Crippen molar-refractivity contribution in [2.24, 2.45) is 29.1 Å². The lowest BCUT2D eigenvalue weighted by atomic mass is 9.70. The lowest BCUT2D eigenvalue weighted by Gasteiger charge is -2.36. The molecule has 1 unspecified atom stereocenters. The molecule has 0 radical (unpaired) electrons. The Kier molecular flexibility index (Phi) is 15.1. The molecule has 276 valence electrons. The summed E-state index contributed by atoms with van der Waals surface area (Å²) in [7, 11) is 0. The van der Waals surface area contributed by atoms with Gasteiger partial charge in [0.15, 0.2) is 0 Å². The van der Waals surface area contributed by atoms with E-state index in [1.165, 1.54) is 0 Å². The minimum atomic E-state index is -0.650. The van der Waals surface area contributed by atoms with Crippen LogP contribution in [-0.4, -0.2) is 46.5 Å². The standard InChI is InChI=1S/C40H62O9/c1-27(28(2)36(45)46-26-29-15-13-12-14-16-29)23-31(41)24-30-25-32(30)40(20-17-33(42)47-37(3,4)5,21-18-34(43)48-38(6,7)8)22-19-35(44)49-39(9,10)11/h12-16,27-28,30,32H,17-26H2,1-11H3/t27?,28-,30+,32-/m1/s1. The minimum absolute atomic E-state index is 0.0207. The summed E-state index contributed by atoms with van der Waals surface area (Å²) >= 11 is 0. The quantitative estimate of drug-likeness (QED) is 0.111. The predicted octanol–water partition coefficient (Wildman–Crippen LogP) is 8.34. The number of ketones is 1. The van der Waals surface area contributed by atoms with Gasteiger partial charge in [0.1, 0.15) is 29.2 Å². The highest BCUT2D eigenvalue weighted by molar-refractivity contribution is 5.80. The number of rotatable bonds is 18. The van der Waals surface area contributed by atoms with Crippen LogP contribution in [0.5, 0.6) is 0 Å². The van der Waals surface area contributed by atoms with Gasteiger partial charge in [0.25, 0.3) is 0 Å². The van der Waals surface area contributed by atoms with Crippen molar-refractivity contribution in [3.63, 3.8) is 0 Å². The van der Waals surface area contributed by atoms with Crippen LogP contribution in [0.4, 0.5) is 0 Å². The van der Waals surface area contributed by atoms with Gasteiger partial charge >= 0.3 is 23.9 Å². The minimum Gasteiger partial charge on any atom is -0.461 e. The summed E-state index contributed by atoms with van der Waals surface area (Å²) in [6.07, 6.45) is 2.89. The van der Waals surface area contributed by atoms with Gasteiger partial charge in [-0.3, -0.25) is 24.0 Å². The molecule has 1 aromatic carbocycles. The average molecular weight is 687 g/mol. The van der Waals surface area contributed by atoms with Gasteiger partial charge in [0.05, 0.1) is 5.92 Å². The lowest BCUT2D eigenvalue weighted by Crippen LogP contribution is -2.32. The second-order valence-corrected chi connectivity index (χ2v) is 17.0. The number of ether oxygens (including phenoxy) is 4. The number of esters is 4. The topological polar surface area (TPSA) is 122 Å². The summed E-state index contributed by atoms with van der Waals surface area (Å²) in [6.45, 7) is 20.2. The monoisotopic (exact) mass is 686 g/mol. The first-order valence-corrected chi connectivity index (χ1v) is 17.9. The maximum atomic E-state index is 13.4. The van der Waals surface area contributed by atoms with E-state index >= 15 is 0 Å². The third kappa shape index (κ3) is 16.4. The summed E-state index contributed by atoms with van der Waals surface area (Å²) in [5.74, 6) is -1.90. The molecule has 0 aromatic heterocycles. The molecule has 0 heterocycles. The van der Waals surface area contributed by atoms with Crippen LogP contribution in [0.2, 0.25) is 0 Å². The second kappa shape index (κ2) is 17.6. The zero-order valence-electron chi connectivity index (χ0n) is 31.9. The molecule has 1 aliphatic carbocycles. The van der Waals surface area contributed by atoms with E-state index in [0.717, 1.165) is 12.0 Å². The molecule has 49 heavy (non-hydrogen) atoms. The van der Waals surface area contributed by atoms with E-state index < -0.39 is 28.1 Å². The van der Waals surface area contributed by atoms with Crippen LogP contribution in [0.25, 0.3) is 0 Å². The molecule has 0 saturated heterocycles. The largest absolute Gasteiger partial charge is 0.461 e. The maximum absolute atomic E-state index is 13.4. The molecule has 9 heteroatoms. The Morgan fingerprint density at radius 2 is 1.12 bits per heavy atom. The summed E-state index contributed by atoms with van der Waals surface area (Å²) in [5, 5.41) is 0.